The van der Waals surface area contributed by atoms with Crippen molar-refractivity contribution in [1.29, 1.82) is 0 Å². The van der Waals surface area contributed by atoms with Gasteiger partial charge in [-0.3, -0.25) is 23.7 Å². The second-order valence-corrected chi connectivity index (χ2v) is 11.8. The fourth-order valence-electron chi connectivity index (χ4n) is 4.42. The number of alkyl halides is 3. The van der Waals surface area contributed by atoms with E-state index in [9.17, 15) is 36.7 Å². The predicted molar refractivity (Wildman–Crippen MR) is 140 cm³/mol. The Hall–Kier alpha value is -3.88. The first-order chi connectivity index (χ1) is 18.8. The Bertz CT molecular complexity index is 1430. The van der Waals surface area contributed by atoms with Crippen LogP contribution in [-0.2, 0) is 21.0 Å². The SMILES string of the molecule is Cc1cc(COc2ccc(C(=O)NC3(CC(=O)NOC(=O)C(F)(F)F)CCS(O)(O)C3)cc2)c2ccccc2n1. The van der Waals surface area contributed by atoms with Gasteiger partial charge in [-0.05, 0) is 49.7 Å². The van der Waals surface area contributed by atoms with Gasteiger partial charge >= 0.3 is 12.1 Å². The van der Waals surface area contributed by atoms with Gasteiger partial charge in [-0.15, -0.1) is 0 Å². The highest BCUT2D eigenvalue weighted by molar-refractivity contribution is 8.24. The lowest BCUT2D eigenvalue weighted by Gasteiger charge is -2.33. The molecular weight excluding hydrogens is 555 g/mol. The Morgan fingerprint density at radius 3 is 2.45 bits per heavy atom. The molecule has 40 heavy (non-hydrogen) atoms. The molecule has 1 saturated heterocycles. The van der Waals surface area contributed by atoms with E-state index in [0.29, 0.717) is 5.75 Å². The van der Waals surface area contributed by atoms with E-state index in [2.05, 4.69) is 15.1 Å². The molecule has 0 saturated carbocycles. The molecule has 0 aliphatic carbocycles. The molecule has 3 aromatic rings. The standard InChI is InChI=1S/C26H26F3N3O7S/c1-16-12-18(20-4-2-3-5-21(20)30-16)14-38-19-8-6-17(7-9-19)23(34)31-25(10-11-40(36,37)15-25)13-22(33)32-39-24(35)26(27,28)29/h2-9,12,36-37H,10-11,13-15H2,1H3,(H,31,34)(H,32,33). The lowest BCUT2D eigenvalue weighted by molar-refractivity contribution is -0.207. The number of carbonyl (C=O) groups is 3. The molecule has 214 valence electrons. The number of aromatic nitrogens is 1. The molecule has 14 heteroatoms. The van der Waals surface area contributed by atoms with Crippen LogP contribution < -0.4 is 15.5 Å². The number of ether oxygens (including phenoxy) is 1. The summed E-state index contributed by atoms with van der Waals surface area (Å²) in [6.45, 7) is 2.14. The number of nitrogens with one attached hydrogen (secondary N) is 2. The van der Waals surface area contributed by atoms with Crippen LogP contribution in [0.3, 0.4) is 0 Å². The maximum Gasteiger partial charge on any atom is 0.493 e. The molecular formula is C26H26F3N3O7S. The molecule has 1 aliphatic heterocycles. The van der Waals surface area contributed by atoms with Gasteiger partial charge in [0.2, 0.25) is 0 Å². The first-order valence-electron chi connectivity index (χ1n) is 12.0. The number of pyridine rings is 1. The van der Waals surface area contributed by atoms with E-state index >= 15 is 0 Å². The third-order valence-corrected chi connectivity index (χ3v) is 8.10. The normalized spacial score (nSPS) is 19.1. The van der Waals surface area contributed by atoms with Crippen molar-refractivity contribution in [1.82, 2.24) is 15.8 Å². The van der Waals surface area contributed by atoms with Crippen LogP contribution in [0.15, 0.2) is 54.6 Å². The summed E-state index contributed by atoms with van der Waals surface area (Å²) in [4.78, 5) is 44.3. The summed E-state index contributed by atoms with van der Waals surface area (Å²) in [7, 11) is -3.15. The zero-order valence-corrected chi connectivity index (χ0v) is 22.0. The molecule has 10 nitrogen and oxygen atoms in total. The van der Waals surface area contributed by atoms with Crippen LogP contribution in [0, 0.1) is 6.92 Å². The van der Waals surface area contributed by atoms with Gasteiger partial charge in [-0.2, -0.15) is 29.2 Å². The number of hydrogen-bond acceptors (Lipinski definition) is 8. The van der Waals surface area contributed by atoms with Gasteiger partial charge in [0.25, 0.3) is 11.8 Å². The number of hydrogen-bond donors (Lipinski definition) is 4. The highest BCUT2D eigenvalue weighted by Gasteiger charge is 2.46. The lowest BCUT2D eigenvalue weighted by Crippen LogP contribution is -2.52. The van der Waals surface area contributed by atoms with E-state index in [4.69, 9.17) is 4.74 Å². The smallest absolute Gasteiger partial charge is 0.489 e. The predicted octanol–water partition coefficient (Wildman–Crippen LogP) is 4.27. The summed E-state index contributed by atoms with van der Waals surface area (Å²) in [5, 5.41) is 3.56. The van der Waals surface area contributed by atoms with Gasteiger partial charge in [0.05, 0.1) is 23.2 Å². The first kappa shape index (κ1) is 29.1. The summed E-state index contributed by atoms with van der Waals surface area (Å²) in [6, 6.07) is 15.7. The zero-order chi connectivity index (χ0) is 29.1. The van der Waals surface area contributed by atoms with Crippen molar-refractivity contribution in [2.24, 2.45) is 0 Å². The van der Waals surface area contributed by atoms with Crippen molar-refractivity contribution in [3.63, 3.8) is 0 Å². The second-order valence-electron chi connectivity index (χ2n) is 9.48. The number of nitrogens with zero attached hydrogens (tertiary/aromatic N) is 1. The molecule has 4 rings (SSSR count). The van der Waals surface area contributed by atoms with Gasteiger partial charge in [0.1, 0.15) is 12.4 Å². The van der Waals surface area contributed by atoms with Gasteiger partial charge in [-0.1, -0.05) is 18.2 Å². The summed E-state index contributed by atoms with van der Waals surface area (Å²) in [5.41, 5.74) is 2.70. The van der Waals surface area contributed by atoms with Crippen LogP contribution in [0.1, 0.15) is 34.5 Å². The van der Waals surface area contributed by atoms with Crippen LogP contribution in [0.5, 0.6) is 5.75 Å². The Labute approximate surface area is 228 Å². The Balaban J connectivity index is 1.40. The highest BCUT2D eigenvalue weighted by atomic mass is 32.3. The number of fused-ring (bicyclic) bond motifs is 1. The molecule has 1 atom stereocenters. The number of aryl methyl sites for hydroxylation is 1. The number of carbonyl (C=O) groups excluding carboxylic acids is 3. The van der Waals surface area contributed by atoms with E-state index in [1.807, 2.05) is 37.3 Å². The second kappa shape index (κ2) is 11.3. The fourth-order valence-corrected chi connectivity index (χ4v) is 6.49. The average molecular weight is 582 g/mol. The quantitative estimate of drug-likeness (QED) is 0.303. The van der Waals surface area contributed by atoms with Crippen LogP contribution >= 0.6 is 10.6 Å². The highest BCUT2D eigenvalue weighted by Crippen LogP contribution is 2.51. The van der Waals surface area contributed by atoms with E-state index in [1.54, 1.807) is 12.1 Å². The maximum atomic E-state index is 13.0. The van der Waals surface area contributed by atoms with E-state index in [1.165, 1.54) is 17.6 Å². The molecule has 0 spiro atoms. The third kappa shape index (κ3) is 7.20. The molecule has 4 N–H and O–H groups in total. The number of amides is 2. The lowest BCUT2D eigenvalue weighted by atomic mass is 9.93. The molecule has 1 unspecified atom stereocenters. The van der Waals surface area contributed by atoms with E-state index in [0.717, 1.165) is 22.2 Å². The Morgan fingerprint density at radius 2 is 1.80 bits per heavy atom. The molecule has 0 radical (unpaired) electrons. The zero-order valence-electron chi connectivity index (χ0n) is 21.2. The minimum absolute atomic E-state index is 0.0395. The molecule has 1 aromatic heterocycles. The fraction of sp³-hybridized carbons (Fsp3) is 0.308. The number of hydroxylamine groups is 1. The molecule has 1 aliphatic rings. The van der Waals surface area contributed by atoms with Crippen molar-refractivity contribution in [2.45, 2.75) is 38.1 Å². The Kier molecular flexibility index (Phi) is 8.23. The molecule has 2 amide bonds. The van der Waals surface area contributed by atoms with Gasteiger partial charge in [0, 0.05) is 28.0 Å². The summed E-state index contributed by atoms with van der Waals surface area (Å²) in [5.74, 6) is -4.47. The van der Waals surface area contributed by atoms with Gasteiger partial charge < -0.3 is 14.9 Å². The van der Waals surface area contributed by atoms with Crippen molar-refractivity contribution in [2.75, 3.05) is 11.5 Å². The monoisotopic (exact) mass is 581 g/mol. The van der Waals surface area contributed by atoms with Crippen molar-refractivity contribution in [3.05, 3.63) is 71.4 Å². The summed E-state index contributed by atoms with van der Waals surface area (Å²) < 4.78 is 63.1. The van der Waals surface area contributed by atoms with Crippen LogP contribution in [0.4, 0.5) is 13.2 Å². The molecule has 2 heterocycles. The Morgan fingerprint density at radius 1 is 1.10 bits per heavy atom. The third-order valence-electron chi connectivity index (χ3n) is 6.22. The maximum absolute atomic E-state index is 13.0. The number of benzene rings is 2. The number of halogens is 3. The van der Waals surface area contributed by atoms with Crippen LogP contribution in [-0.4, -0.2) is 55.1 Å². The van der Waals surface area contributed by atoms with E-state index < -0.39 is 52.3 Å². The summed E-state index contributed by atoms with van der Waals surface area (Å²) >= 11 is 0. The number of para-hydroxylation sites is 1. The van der Waals surface area contributed by atoms with Crippen LogP contribution in [0.25, 0.3) is 10.9 Å². The largest absolute Gasteiger partial charge is 0.493 e. The summed E-state index contributed by atoms with van der Waals surface area (Å²) in [6.07, 6.45) is -6.01. The topological polar surface area (TPSA) is 147 Å². The number of rotatable bonds is 7. The van der Waals surface area contributed by atoms with Gasteiger partial charge in [-0.25, -0.2) is 4.79 Å². The average Bonchev–Trinajstić information content (AvgIpc) is 3.18. The minimum Gasteiger partial charge on any atom is -0.489 e. The molecule has 0 bridgehead atoms. The van der Waals surface area contributed by atoms with Crippen molar-refractivity contribution in [3.8, 4) is 5.75 Å². The first-order valence-corrected chi connectivity index (χ1v) is 13.8. The van der Waals surface area contributed by atoms with E-state index in [-0.39, 0.29) is 24.3 Å². The van der Waals surface area contributed by atoms with Crippen molar-refractivity contribution < 1.29 is 46.2 Å². The van der Waals surface area contributed by atoms with Crippen molar-refractivity contribution >= 4 is 39.3 Å². The van der Waals surface area contributed by atoms with Gasteiger partial charge in [0.15, 0.2) is 0 Å². The van der Waals surface area contributed by atoms with Crippen LogP contribution in [0.2, 0.25) is 0 Å². The molecule has 1 fully saturated rings. The molecule has 2 aromatic carbocycles. The minimum atomic E-state index is -5.32.